The van der Waals surface area contributed by atoms with Crippen LogP contribution in [0.25, 0.3) is 0 Å². The summed E-state index contributed by atoms with van der Waals surface area (Å²) in [6, 6.07) is 13.0. The number of rotatable bonds is 2. The van der Waals surface area contributed by atoms with Gasteiger partial charge in [-0.3, -0.25) is 0 Å². The fourth-order valence-electron chi connectivity index (χ4n) is 2.40. The van der Waals surface area contributed by atoms with E-state index >= 15 is 0 Å². The number of hydrogen-bond acceptors (Lipinski definition) is 1. The third kappa shape index (κ3) is 2.73. The Bertz CT molecular complexity index is 559. The van der Waals surface area contributed by atoms with Gasteiger partial charge in [0.1, 0.15) is 11.5 Å². The molecule has 98 valence electrons. The maximum atomic E-state index is 6.33. The van der Waals surface area contributed by atoms with E-state index in [2.05, 4.69) is 54.3 Å². The number of para-hydroxylation sites is 2. The summed E-state index contributed by atoms with van der Waals surface area (Å²) in [5, 5.41) is 2.61. The van der Waals surface area contributed by atoms with Crippen molar-refractivity contribution in [3.05, 3.63) is 47.5 Å². The van der Waals surface area contributed by atoms with Crippen molar-refractivity contribution in [3.8, 4) is 11.5 Å². The molecular formula is C14H16OP4. The van der Waals surface area contributed by atoms with Gasteiger partial charge in [0, 0.05) is 10.6 Å². The lowest BCUT2D eigenvalue weighted by atomic mass is 10.0. The zero-order chi connectivity index (χ0) is 13.2. The van der Waals surface area contributed by atoms with Gasteiger partial charge in [-0.15, -0.1) is 17.9 Å². The van der Waals surface area contributed by atoms with Crippen molar-refractivity contribution in [1.29, 1.82) is 0 Å². The van der Waals surface area contributed by atoms with Gasteiger partial charge in [0.05, 0.1) is 0 Å². The van der Waals surface area contributed by atoms with Crippen LogP contribution in [0.3, 0.4) is 0 Å². The minimum Gasteiger partial charge on any atom is -0.455 e. The topological polar surface area (TPSA) is 9.23 Å². The number of benzene rings is 2. The molecule has 19 heavy (non-hydrogen) atoms. The minimum atomic E-state index is 0.689. The Kier molecular flexibility index (Phi) is 4.51. The van der Waals surface area contributed by atoms with Gasteiger partial charge in [-0.1, -0.05) is 52.9 Å². The number of aryl methyl sites for hydroxylation is 2. The Balaban J connectivity index is 2.14. The first-order chi connectivity index (χ1) is 9.33. The van der Waals surface area contributed by atoms with E-state index in [1.165, 1.54) is 21.7 Å². The van der Waals surface area contributed by atoms with Gasteiger partial charge in [0.25, 0.3) is 0 Å². The van der Waals surface area contributed by atoms with Crippen molar-refractivity contribution >= 4 is 45.0 Å². The molecule has 5 heteroatoms. The van der Waals surface area contributed by atoms with Crippen molar-refractivity contribution in [3.63, 3.8) is 0 Å². The molecular weight excluding hydrogens is 308 g/mol. The van der Waals surface area contributed by atoms with Crippen molar-refractivity contribution in [2.75, 3.05) is 0 Å². The highest BCUT2D eigenvalue weighted by Gasteiger charge is 2.19. The molecule has 3 rings (SSSR count). The van der Waals surface area contributed by atoms with Crippen LogP contribution in [0.4, 0.5) is 0 Å². The van der Waals surface area contributed by atoms with E-state index in [-0.39, 0.29) is 0 Å². The van der Waals surface area contributed by atoms with Gasteiger partial charge < -0.3 is 4.74 Å². The molecule has 0 aliphatic carbocycles. The normalized spacial score (nSPS) is 14.4. The zero-order valence-corrected chi connectivity index (χ0v) is 14.8. The largest absolute Gasteiger partial charge is 0.455 e. The third-order valence-electron chi connectivity index (χ3n) is 3.37. The summed E-state index contributed by atoms with van der Waals surface area (Å²) >= 11 is 0. The Morgan fingerprint density at radius 1 is 0.789 bits per heavy atom. The molecule has 0 N–H and O–H groups in total. The number of hydrogen-bond donors (Lipinski definition) is 0. The first-order valence-corrected chi connectivity index (χ1v) is 11.8. The van der Waals surface area contributed by atoms with Gasteiger partial charge >= 0.3 is 0 Å². The highest BCUT2D eigenvalue weighted by atomic mass is 32.0. The summed E-state index contributed by atoms with van der Waals surface area (Å²) in [6.45, 7) is 0. The van der Waals surface area contributed by atoms with Crippen molar-refractivity contribution in [2.24, 2.45) is 0 Å². The van der Waals surface area contributed by atoms with E-state index in [0.29, 0.717) is 16.5 Å². The second-order valence-corrected chi connectivity index (χ2v) is 7.87. The zero-order valence-electron chi connectivity index (χ0n) is 10.4. The van der Waals surface area contributed by atoms with Crippen molar-refractivity contribution in [1.82, 2.24) is 0 Å². The second kappa shape index (κ2) is 6.16. The molecule has 0 aromatic heterocycles. The maximum absolute atomic E-state index is 6.33. The molecule has 1 nitrogen and oxygen atoms in total. The standard InChI is InChI=1S/C14H16OP4/c16-18-11-5-1-3-9-7-8-10-4-2-6-12(19-17)14(10)15-13(9)11/h1-6,18-19H,7-8,16-17H2. The lowest BCUT2D eigenvalue weighted by molar-refractivity contribution is 0.487. The molecule has 0 radical (unpaired) electrons. The van der Waals surface area contributed by atoms with Crippen LogP contribution in [-0.2, 0) is 12.8 Å². The smallest absolute Gasteiger partial charge is 0.138 e. The van der Waals surface area contributed by atoms with Crippen LogP contribution in [0.5, 0.6) is 11.5 Å². The van der Waals surface area contributed by atoms with Crippen LogP contribution in [0.15, 0.2) is 36.4 Å². The van der Waals surface area contributed by atoms with E-state index in [9.17, 15) is 0 Å². The number of ether oxygens (including phenoxy) is 1. The molecule has 0 bridgehead atoms. The molecule has 2 aromatic carbocycles. The SMILES string of the molecule is PPc1cccc2c1Oc1c(cccc1PP)CC2. The van der Waals surface area contributed by atoms with Crippen LogP contribution < -0.4 is 15.3 Å². The Hall–Kier alpha value is -0.0400. The van der Waals surface area contributed by atoms with E-state index in [0.717, 1.165) is 24.3 Å². The van der Waals surface area contributed by atoms with Gasteiger partial charge in [0.2, 0.25) is 0 Å². The quantitative estimate of drug-likeness (QED) is 0.764. The maximum Gasteiger partial charge on any atom is 0.138 e. The van der Waals surface area contributed by atoms with Crippen LogP contribution >= 0.6 is 34.4 Å². The highest BCUT2D eigenvalue weighted by Crippen LogP contribution is 2.38. The van der Waals surface area contributed by atoms with Crippen LogP contribution in [0.1, 0.15) is 11.1 Å². The molecule has 0 saturated carbocycles. The lowest BCUT2D eigenvalue weighted by Crippen LogP contribution is -2.06. The van der Waals surface area contributed by atoms with Crippen molar-refractivity contribution < 1.29 is 4.74 Å². The minimum absolute atomic E-state index is 0.689. The van der Waals surface area contributed by atoms with Crippen LogP contribution in [0, 0.1) is 0 Å². The summed E-state index contributed by atoms with van der Waals surface area (Å²) in [4.78, 5) is 0. The average molecular weight is 324 g/mol. The van der Waals surface area contributed by atoms with Gasteiger partial charge in [-0.2, -0.15) is 0 Å². The molecule has 4 atom stereocenters. The summed E-state index contributed by atoms with van der Waals surface area (Å²) in [5.74, 6) is 2.18. The van der Waals surface area contributed by atoms with E-state index in [1.807, 2.05) is 0 Å². The van der Waals surface area contributed by atoms with Crippen LogP contribution in [-0.4, -0.2) is 0 Å². The molecule has 0 saturated heterocycles. The second-order valence-electron chi connectivity index (χ2n) is 4.48. The van der Waals surface area contributed by atoms with E-state index < -0.39 is 0 Å². The first kappa shape index (κ1) is 13.9. The van der Waals surface area contributed by atoms with E-state index in [1.54, 1.807) is 0 Å². The molecule has 1 aliphatic rings. The monoisotopic (exact) mass is 324 g/mol. The Labute approximate surface area is 122 Å². The summed E-state index contributed by atoms with van der Waals surface area (Å²) < 4.78 is 6.33. The molecule has 0 amide bonds. The molecule has 1 aliphatic heterocycles. The Morgan fingerprint density at radius 2 is 1.26 bits per heavy atom. The summed E-state index contributed by atoms with van der Waals surface area (Å²) in [6.07, 6.45) is 2.13. The lowest BCUT2D eigenvalue weighted by Gasteiger charge is -2.15. The molecule has 4 unspecified atom stereocenters. The molecule has 0 fully saturated rings. The number of fused-ring (bicyclic) bond motifs is 2. The highest BCUT2D eigenvalue weighted by molar-refractivity contribution is 8.07. The fraction of sp³-hybridized carbons (Fsp3) is 0.143. The third-order valence-corrected chi connectivity index (χ3v) is 6.65. The van der Waals surface area contributed by atoms with Gasteiger partial charge in [0.15, 0.2) is 0 Å². The van der Waals surface area contributed by atoms with Gasteiger partial charge in [-0.25, -0.2) is 0 Å². The molecule has 2 aromatic rings. The average Bonchev–Trinajstić information content (AvgIpc) is 2.65. The van der Waals surface area contributed by atoms with Crippen LogP contribution in [0.2, 0.25) is 0 Å². The first-order valence-electron chi connectivity index (χ1n) is 6.18. The van der Waals surface area contributed by atoms with Crippen molar-refractivity contribution in [2.45, 2.75) is 12.8 Å². The van der Waals surface area contributed by atoms with E-state index in [4.69, 9.17) is 4.74 Å². The molecule has 1 heterocycles. The summed E-state index contributed by atoms with van der Waals surface area (Å²) in [5.41, 5.74) is 2.67. The fourth-order valence-corrected chi connectivity index (χ4v) is 4.84. The predicted octanol–water partition coefficient (Wildman–Crippen LogP) is 3.77. The predicted molar refractivity (Wildman–Crippen MR) is 95.7 cm³/mol. The Morgan fingerprint density at radius 3 is 1.68 bits per heavy atom. The molecule has 0 spiro atoms. The van der Waals surface area contributed by atoms with Gasteiger partial charge in [-0.05, 0) is 24.0 Å². The summed E-state index contributed by atoms with van der Waals surface area (Å²) in [7, 11) is 7.03.